The van der Waals surface area contributed by atoms with Crippen molar-refractivity contribution in [1.29, 1.82) is 0 Å². The molecule has 92 valence electrons. The number of fused-ring (bicyclic) bond motifs is 1. The summed E-state index contributed by atoms with van der Waals surface area (Å²) in [6.07, 6.45) is 0. The monoisotopic (exact) mass is 261 g/mol. The lowest BCUT2D eigenvalue weighted by molar-refractivity contribution is 0.171. The number of hydrogen-bond acceptors (Lipinski definition) is 3. The molecule has 0 bridgehead atoms. The molecule has 0 aromatic heterocycles. The molecule has 1 aliphatic rings. The molecule has 2 aromatic carbocycles. The summed E-state index contributed by atoms with van der Waals surface area (Å²) in [7, 11) is 0. The summed E-state index contributed by atoms with van der Waals surface area (Å²) in [4.78, 5) is 0. The Morgan fingerprint density at radius 1 is 1.00 bits per heavy atom. The van der Waals surface area contributed by atoms with Gasteiger partial charge in [-0.3, -0.25) is 0 Å². The molecular weight excluding hydrogens is 250 g/mol. The highest BCUT2D eigenvalue weighted by molar-refractivity contribution is 6.35. The minimum Gasteiger partial charge on any atom is -0.486 e. The lowest BCUT2D eigenvalue weighted by Crippen LogP contribution is -2.15. The van der Waals surface area contributed by atoms with Crippen molar-refractivity contribution in [3.05, 3.63) is 41.4 Å². The molecule has 3 rings (SSSR count). The van der Waals surface area contributed by atoms with Crippen LogP contribution in [0.3, 0.4) is 0 Å². The number of rotatable bonds is 1. The largest absolute Gasteiger partial charge is 0.486 e. The van der Waals surface area contributed by atoms with Gasteiger partial charge in [0.25, 0.3) is 0 Å². The molecule has 3 nitrogen and oxygen atoms in total. The van der Waals surface area contributed by atoms with Crippen LogP contribution in [0, 0.1) is 0 Å². The third-order valence-electron chi connectivity index (χ3n) is 2.88. The van der Waals surface area contributed by atoms with Gasteiger partial charge in [-0.1, -0.05) is 29.8 Å². The Balaban J connectivity index is 2.09. The van der Waals surface area contributed by atoms with E-state index in [4.69, 9.17) is 26.8 Å². The second kappa shape index (κ2) is 4.42. The Labute approximate surface area is 110 Å². The maximum atomic E-state index is 6.21. The summed E-state index contributed by atoms with van der Waals surface area (Å²) in [5.41, 5.74) is 8.25. The molecular formula is C14H12ClNO2. The highest BCUT2D eigenvalue weighted by Crippen LogP contribution is 2.38. The van der Waals surface area contributed by atoms with Crippen LogP contribution < -0.4 is 15.2 Å². The second-order valence-electron chi connectivity index (χ2n) is 4.07. The van der Waals surface area contributed by atoms with Crippen LogP contribution in [0.1, 0.15) is 0 Å². The Kier molecular flexibility index (Phi) is 2.76. The molecule has 1 aliphatic heterocycles. The van der Waals surface area contributed by atoms with Crippen LogP contribution >= 0.6 is 11.6 Å². The molecule has 0 saturated carbocycles. The molecule has 0 radical (unpaired) electrons. The number of benzene rings is 2. The van der Waals surface area contributed by atoms with Crippen LogP contribution in [0.2, 0.25) is 5.02 Å². The van der Waals surface area contributed by atoms with Crippen molar-refractivity contribution < 1.29 is 9.47 Å². The van der Waals surface area contributed by atoms with Crippen LogP contribution in [-0.2, 0) is 0 Å². The zero-order valence-corrected chi connectivity index (χ0v) is 10.4. The van der Waals surface area contributed by atoms with Crippen molar-refractivity contribution in [1.82, 2.24) is 0 Å². The first-order valence-electron chi connectivity index (χ1n) is 5.70. The van der Waals surface area contributed by atoms with Gasteiger partial charge in [-0.2, -0.15) is 0 Å². The van der Waals surface area contributed by atoms with Crippen LogP contribution in [0.4, 0.5) is 5.69 Å². The van der Waals surface area contributed by atoms with Crippen LogP contribution in [0.25, 0.3) is 11.1 Å². The van der Waals surface area contributed by atoms with Crippen molar-refractivity contribution in [2.75, 3.05) is 18.9 Å². The van der Waals surface area contributed by atoms with E-state index in [0.717, 1.165) is 22.6 Å². The topological polar surface area (TPSA) is 44.5 Å². The third kappa shape index (κ3) is 1.87. The number of nitrogens with two attached hydrogens (primary N) is 1. The standard InChI is InChI=1S/C14H12ClNO2/c15-14-10(2-1-3-11(14)16)9-4-5-12-13(8-9)18-7-6-17-12/h1-5,8H,6-7,16H2. The summed E-state index contributed by atoms with van der Waals surface area (Å²) in [5, 5.41) is 0.564. The number of nitrogen functional groups attached to an aromatic ring is 1. The van der Waals surface area contributed by atoms with Gasteiger partial charge in [-0.25, -0.2) is 0 Å². The predicted octanol–water partition coefficient (Wildman–Crippen LogP) is 3.36. The van der Waals surface area contributed by atoms with Crippen molar-refractivity contribution in [2.24, 2.45) is 0 Å². The molecule has 18 heavy (non-hydrogen) atoms. The molecule has 0 spiro atoms. The quantitative estimate of drug-likeness (QED) is 0.801. The van der Waals surface area contributed by atoms with E-state index in [1.54, 1.807) is 6.07 Å². The van der Waals surface area contributed by atoms with Gasteiger partial charge in [0.2, 0.25) is 0 Å². The summed E-state index contributed by atoms with van der Waals surface area (Å²) in [6, 6.07) is 11.4. The van der Waals surface area contributed by atoms with Crippen molar-refractivity contribution in [3.8, 4) is 22.6 Å². The first-order valence-corrected chi connectivity index (χ1v) is 6.07. The predicted molar refractivity (Wildman–Crippen MR) is 72.3 cm³/mol. The van der Waals surface area contributed by atoms with Gasteiger partial charge in [0, 0.05) is 5.56 Å². The highest BCUT2D eigenvalue weighted by Gasteiger charge is 2.14. The Morgan fingerprint density at radius 2 is 1.78 bits per heavy atom. The minimum absolute atomic E-state index is 0.564. The SMILES string of the molecule is Nc1cccc(-c2ccc3c(c2)OCCO3)c1Cl. The Bertz CT molecular complexity index is 598. The number of halogens is 1. The molecule has 0 atom stereocenters. The Morgan fingerprint density at radius 3 is 2.61 bits per heavy atom. The third-order valence-corrected chi connectivity index (χ3v) is 3.30. The van der Waals surface area contributed by atoms with Crippen molar-refractivity contribution in [2.45, 2.75) is 0 Å². The van der Waals surface area contributed by atoms with E-state index in [0.29, 0.717) is 23.9 Å². The summed E-state index contributed by atoms with van der Waals surface area (Å²) in [6.45, 7) is 1.16. The van der Waals surface area contributed by atoms with E-state index < -0.39 is 0 Å². The fourth-order valence-electron chi connectivity index (χ4n) is 1.98. The average Bonchev–Trinajstić information content (AvgIpc) is 2.41. The fourth-order valence-corrected chi connectivity index (χ4v) is 2.22. The van der Waals surface area contributed by atoms with Gasteiger partial charge in [0.05, 0.1) is 10.7 Å². The average molecular weight is 262 g/mol. The number of anilines is 1. The van der Waals surface area contributed by atoms with Crippen LogP contribution in [0.5, 0.6) is 11.5 Å². The van der Waals surface area contributed by atoms with Gasteiger partial charge in [0.15, 0.2) is 11.5 Å². The zero-order chi connectivity index (χ0) is 12.5. The van der Waals surface area contributed by atoms with E-state index in [1.165, 1.54) is 0 Å². The van der Waals surface area contributed by atoms with Crippen LogP contribution in [0.15, 0.2) is 36.4 Å². The number of hydrogen-bond donors (Lipinski definition) is 1. The van der Waals surface area contributed by atoms with E-state index in [9.17, 15) is 0 Å². The molecule has 0 aliphatic carbocycles. The normalized spacial score (nSPS) is 13.4. The molecule has 0 unspecified atom stereocenters. The van der Waals surface area contributed by atoms with E-state index in [1.807, 2.05) is 30.3 Å². The first-order chi connectivity index (χ1) is 8.75. The summed E-state index contributed by atoms with van der Waals surface area (Å²) < 4.78 is 11.0. The van der Waals surface area contributed by atoms with Gasteiger partial charge >= 0.3 is 0 Å². The maximum absolute atomic E-state index is 6.21. The van der Waals surface area contributed by atoms with Gasteiger partial charge < -0.3 is 15.2 Å². The fraction of sp³-hybridized carbons (Fsp3) is 0.143. The van der Waals surface area contributed by atoms with Gasteiger partial charge in [-0.05, 0) is 23.8 Å². The minimum atomic E-state index is 0.564. The van der Waals surface area contributed by atoms with Crippen LogP contribution in [-0.4, -0.2) is 13.2 Å². The summed E-state index contributed by atoms with van der Waals surface area (Å²) in [5.74, 6) is 1.52. The molecule has 0 amide bonds. The molecule has 1 heterocycles. The van der Waals surface area contributed by atoms with Crippen molar-refractivity contribution in [3.63, 3.8) is 0 Å². The van der Waals surface area contributed by atoms with E-state index in [-0.39, 0.29) is 0 Å². The highest BCUT2D eigenvalue weighted by atomic mass is 35.5. The molecule has 4 heteroatoms. The summed E-state index contributed by atoms with van der Waals surface area (Å²) >= 11 is 6.21. The number of ether oxygens (including phenoxy) is 2. The Hall–Kier alpha value is -1.87. The first kappa shape index (κ1) is 11.2. The molecule has 0 fully saturated rings. The maximum Gasteiger partial charge on any atom is 0.161 e. The molecule has 0 saturated heterocycles. The molecule has 2 N–H and O–H groups in total. The lowest BCUT2D eigenvalue weighted by Gasteiger charge is -2.19. The lowest BCUT2D eigenvalue weighted by atomic mass is 10.0. The van der Waals surface area contributed by atoms with Gasteiger partial charge in [0.1, 0.15) is 13.2 Å². The van der Waals surface area contributed by atoms with Gasteiger partial charge in [-0.15, -0.1) is 0 Å². The second-order valence-corrected chi connectivity index (χ2v) is 4.45. The van der Waals surface area contributed by atoms with Crippen molar-refractivity contribution >= 4 is 17.3 Å². The zero-order valence-electron chi connectivity index (χ0n) is 9.65. The molecule has 2 aromatic rings. The smallest absolute Gasteiger partial charge is 0.161 e. The van der Waals surface area contributed by atoms with E-state index >= 15 is 0 Å². The van der Waals surface area contributed by atoms with E-state index in [2.05, 4.69) is 0 Å².